The second kappa shape index (κ2) is 5.38. The number of hydrogen-bond acceptors (Lipinski definition) is 2. The highest BCUT2D eigenvalue weighted by atomic mass is 16.1. The molecule has 0 saturated carbocycles. The summed E-state index contributed by atoms with van der Waals surface area (Å²) >= 11 is 0. The Balaban J connectivity index is 4.13. The molecular formula is C11H23NO. The van der Waals surface area contributed by atoms with Gasteiger partial charge < -0.3 is 4.90 Å². The van der Waals surface area contributed by atoms with Crippen molar-refractivity contribution in [3.05, 3.63) is 0 Å². The predicted octanol–water partition coefficient (Wildman–Crippen LogP) is 2.33. The molecule has 0 heterocycles. The molecule has 0 saturated heterocycles. The Morgan fingerprint density at radius 3 is 2.15 bits per heavy atom. The van der Waals surface area contributed by atoms with E-state index in [1.807, 2.05) is 13.8 Å². The van der Waals surface area contributed by atoms with Gasteiger partial charge in [-0.2, -0.15) is 0 Å². The third kappa shape index (κ3) is 4.41. The molecule has 2 nitrogen and oxygen atoms in total. The first-order chi connectivity index (χ1) is 5.94. The van der Waals surface area contributed by atoms with Crippen LogP contribution >= 0.6 is 0 Å². The van der Waals surface area contributed by atoms with Gasteiger partial charge in [0.25, 0.3) is 0 Å². The van der Waals surface area contributed by atoms with Crippen LogP contribution in [0.3, 0.4) is 0 Å². The maximum absolute atomic E-state index is 11.3. The minimum atomic E-state index is -0.189. The fraction of sp³-hybridized carbons (Fsp3) is 0.909. The molecule has 0 radical (unpaired) electrons. The number of ketones is 1. The molecule has 0 rings (SSSR count). The zero-order valence-electron chi connectivity index (χ0n) is 9.68. The van der Waals surface area contributed by atoms with Crippen molar-refractivity contribution in [1.29, 1.82) is 0 Å². The SMILES string of the molecule is CCCN(CC)CC(C)(C)C(C)=O. The molecule has 0 aromatic rings. The Kier molecular flexibility index (Phi) is 5.23. The maximum Gasteiger partial charge on any atom is 0.136 e. The van der Waals surface area contributed by atoms with Crippen molar-refractivity contribution in [3.63, 3.8) is 0 Å². The molecule has 0 unspecified atom stereocenters. The van der Waals surface area contributed by atoms with Gasteiger partial charge in [0.1, 0.15) is 5.78 Å². The quantitative estimate of drug-likeness (QED) is 0.633. The molecule has 0 spiro atoms. The van der Waals surface area contributed by atoms with E-state index in [2.05, 4.69) is 18.7 Å². The lowest BCUT2D eigenvalue weighted by Crippen LogP contribution is -2.38. The number of nitrogens with zero attached hydrogens (tertiary/aromatic N) is 1. The summed E-state index contributed by atoms with van der Waals surface area (Å²) in [5, 5.41) is 0. The van der Waals surface area contributed by atoms with Crippen molar-refractivity contribution >= 4 is 5.78 Å². The lowest BCUT2D eigenvalue weighted by atomic mass is 9.88. The van der Waals surface area contributed by atoms with Gasteiger partial charge in [0.15, 0.2) is 0 Å². The van der Waals surface area contributed by atoms with Crippen LogP contribution in [0.1, 0.15) is 41.0 Å². The van der Waals surface area contributed by atoms with Gasteiger partial charge in [0, 0.05) is 12.0 Å². The van der Waals surface area contributed by atoms with E-state index in [0.29, 0.717) is 0 Å². The predicted molar refractivity (Wildman–Crippen MR) is 56.9 cm³/mol. The van der Waals surface area contributed by atoms with Crippen molar-refractivity contribution in [2.45, 2.75) is 41.0 Å². The van der Waals surface area contributed by atoms with Crippen LogP contribution in [0.4, 0.5) is 0 Å². The smallest absolute Gasteiger partial charge is 0.136 e. The molecule has 0 aliphatic heterocycles. The minimum absolute atomic E-state index is 0.189. The molecule has 0 aromatic carbocycles. The first-order valence-electron chi connectivity index (χ1n) is 5.17. The normalized spacial score (nSPS) is 12.2. The van der Waals surface area contributed by atoms with Crippen LogP contribution in [0.25, 0.3) is 0 Å². The summed E-state index contributed by atoms with van der Waals surface area (Å²) in [4.78, 5) is 13.6. The van der Waals surface area contributed by atoms with E-state index >= 15 is 0 Å². The van der Waals surface area contributed by atoms with Crippen molar-refractivity contribution < 1.29 is 4.79 Å². The Morgan fingerprint density at radius 1 is 1.31 bits per heavy atom. The van der Waals surface area contributed by atoms with Crippen molar-refractivity contribution in [2.24, 2.45) is 5.41 Å². The molecule has 0 N–H and O–H groups in total. The highest BCUT2D eigenvalue weighted by Crippen LogP contribution is 2.18. The summed E-state index contributed by atoms with van der Waals surface area (Å²) in [6.45, 7) is 13.0. The van der Waals surface area contributed by atoms with Gasteiger partial charge in [-0.1, -0.05) is 27.7 Å². The van der Waals surface area contributed by atoms with Crippen LogP contribution in [-0.4, -0.2) is 30.3 Å². The number of carbonyl (C=O) groups excluding carboxylic acids is 1. The fourth-order valence-electron chi connectivity index (χ4n) is 1.34. The van der Waals surface area contributed by atoms with Gasteiger partial charge in [-0.25, -0.2) is 0 Å². The van der Waals surface area contributed by atoms with Gasteiger partial charge >= 0.3 is 0 Å². The highest BCUT2D eigenvalue weighted by Gasteiger charge is 2.25. The van der Waals surface area contributed by atoms with Crippen LogP contribution in [0.2, 0.25) is 0 Å². The maximum atomic E-state index is 11.3. The van der Waals surface area contributed by atoms with Crippen LogP contribution in [0.5, 0.6) is 0 Å². The van der Waals surface area contributed by atoms with E-state index in [-0.39, 0.29) is 11.2 Å². The van der Waals surface area contributed by atoms with Crippen LogP contribution in [-0.2, 0) is 4.79 Å². The lowest BCUT2D eigenvalue weighted by molar-refractivity contribution is -0.125. The topological polar surface area (TPSA) is 20.3 Å². The fourth-order valence-corrected chi connectivity index (χ4v) is 1.34. The van der Waals surface area contributed by atoms with Crippen LogP contribution in [0.15, 0.2) is 0 Å². The highest BCUT2D eigenvalue weighted by molar-refractivity contribution is 5.81. The third-order valence-electron chi connectivity index (χ3n) is 2.56. The molecule has 2 heteroatoms. The number of rotatable bonds is 6. The van der Waals surface area contributed by atoms with E-state index in [1.54, 1.807) is 6.92 Å². The van der Waals surface area contributed by atoms with Crippen LogP contribution < -0.4 is 0 Å². The number of carbonyl (C=O) groups is 1. The van der Waals surface area contributed by atoms with Gasteiger partial charge in [0.05, 0.1) is 0 Å². The zero-order valence-corrected chi connectivity index (χ0v) is 9.68. The Bertz CT molecular complexity index is 163. The lowest BCUT2D eigenvalue weighted by Gasteiger charge is -2.29. The Labute approximate surface area is 82.3 Å². The number of Topliss-reactive ketones (excluding diaryl/α,β-unsaturated/α-hetero) is 1. The van der Waals surface area contributed by atoms with E-state index in [0.717, 1.165) is 26.1 Å². The first kappa shape index (κ1) is 12.6. The zero-order chi connectivity index (χ0) is 10.5. The van der Waals surface area contributed by atoms with Crippen molar-refractivity contribution in [2.75, 3.05) is 19.6 Å². The summed E-state index contributed by atoms with van der Waals surface area (Å²) in [5.41, 5.74) is -0.189. The molecular weight excluding hydrogens is 162 g/mol. The van der Waals surface area contributed by atoms with Gasteiger partial charge in [-0.05, 0) is 26.4 Å². The molecule has 0 atom stereocenters. The summed E-state index contributed by atoms with van der Waals surface area (Å²) in [6.07, 6.45) is 1.15. The van der Waals surface area contributed by atoms with Gasteiger partial charge in [-0.3, -0.25) is 4.79 Å². The summed E-state index contributed by atoms with van der Waals surface area (Å²) in [5.74, 6) is 0.280. The molecule has 0 aliphatic rings. The monoisotopic (exact) mass is 185 g/mol. The minimum Gasteiger partial charge on any atom is -0.303 e. The Hall–Kier alpha value is -0.370. The molecule has 78 valence electrons. The van der Waals surface area contributed by atoms with Crippen LogP contribution in [0, 0.1) is 5.41 Å². The largest absolute Gasteiger partial charge is 0.303 e. The van der Waals surface area contributed by atoms with E-state index < -0.39 is 0 Å². The molecule has 13 heavy (non-hydrogen) atoms. The second-order valence-electron chi connectivity index (χ2n) is 4.31. The Morgan fingerprint density at radius 2 is 1.85 bits per heavy atom. The average Bonchev–Trinajstić information content (AvgIpc) is 2.03. The number of hydrogen-bond donors (Lipinski definition) is 0. The van der Waals surface area contributed by atoms with E-state index in [9.17, 15) is 4.79 Å². The molecule has 0 aliphatic carbocycles. The average molecular weight is 185 g/mol. The summed E-state index contributed by atoms with van der Waals surface area (Å²) in [6, 6.07) is 0. The van der Waals surface area contributed by atoms with E-state index in [4.69, 9.17) is 0 Å². The van der Waals surface area contributed by atoms with Gasteiger partial charge in [-0.15, -0.1) is 0 Å². The van der Waals surface area contributed by atoms with Crippen molar-refractivity contribution in [3.8, 4) is 0 Å². The summed E-state index contributed by atoms with van der Waals surface area (Å²) < 4.78 is 0. The summed E-state index contributed by atoms with van der Waals surface area (Å²) in [7, 11) is 0. The van der Waals surface area contributed by atoms with E-state index in [1.165, 1.54) is 0 Å². The second-order valence-corrected chi connectivity index (χ2v) is 4.31. The molecule has 0 aromatic heterocycles. The molecule has 0 amide bonds. The third-order valence-corrected chi connectivity index (χ3v) is 2.56. The van der Waals surface area contributed by atoms with Crippen molar-refractivity contribution in [1.82, 2.24) is 4.90 Å². The molecule has 0 fully saturated rings. The van der Waals surface area contributed by atoms with Gasteiger partial charge in [0.2, 0.25) is 0 Å². The first-order valence-corrected chi connectivity index (χ1v) is 5.17. The standard InChI is InChI=1S/C11H23NO/c1-6-8-12(7-2)9-11(4,5)10(3)13/h6-9H2,1-5H3. The molecule has 0 bridgehead atoms.